The van der Waals surface area contributed by atoms with E-state index in [9.17, 15) is 9.59 Å². The van der Waals surface area contributed by atoms with Crippen LogP contribution in [0.25, 0.3) is 6.08 Å². The predicted octanol–water partition coefficient (Wildman–Crippen LogP) is 3.29. The topological polar surface area (TPSA) is 94.6 Å². The first-order chi connectivity index (χ1) is 13.1. The Kier molecular flexibility index (Phi) is 6.04. The molecule has 0 bridgehead atoms. The molecule has 2 heterocycles. The number of likely N-dealkylation sites (tertiary alicyclic amines) is 1. The number of nitrogens with zero attached hydrogens (tertiary/aromatic N) is 2. The molecule has 27 heavy (non-hydrogen) atoms. The van der Waals surface area contributed by atoms with Gasteiger partial charge in [-0.3, -0.25) is 0 Å². The molecular formula is C20H22N4O3. The lowest BCUT2D eigenvalue weighted by Gasteiger charge is -2.32. The maximum atomic E-state index is 12.3. The van der Waals surface area contributed by atoms with E-state index < -0.39 is 5.97 Å². The number of para-hydroxylation sites is 1. The number of urea groups is 1. The van der Waals surface area contributed by atoms with Crippen LogP contribution in [0.2, 0.25) is 0 Å². The number of pyridine rings is 1. The second kappa shape index (κ2) is 8.84. The number of aliphatic carboxylic acids is 1. The fraction of sp³-hybridized carbons (Fsp3) is 0.250. The number of amides is 2. The zero-order valence-corrected chi connectivity index (χ0v) is 14.8. The summed E-state index contributed by atoms with van der Waals surface area (Å²) in [4.78, 5) is 29.0. The van der Waals surface area contributed by atoms with Crippen LogP contribution in [0, 0.1) is 0 Å². The van der Waals surface area contributed by atoms with E-state index in [-0.39, 0.29) is 12.1 Å². The van der Waals surface area contributed by atoms with Crippen LogP contribution < -0.4 is 10.6 Å². The number of benzene rings is 1. The van der Waals surface area contributed by atoms with Crippen molar-refractivity contribution in [2.75, 3.05) is 23.7 Å². The van der Waals surface area contributed by atoms with Gasteiger partial charge >= 0.3 is 12.0 Å². The zero-order chi connectivity index (χ0) is 19.1. The molecule has 0 unspecified atom stereocenters. The van der Waals surface area contributed by atoms with E-state index in [0.29, 0.717) is 13.1 Å². The SMILES string of the molecule is O=C(O)C=Cc1ccc(NC2CCN(C(=O)Nc3ccccc3)CC2)nc1. The number of carboxylic acids is 1. The Morgan fingerprint density at radius 3 is 2.48 bits per heavy atom. The number of carbonyl (C=O) groups excluding carboxylic acids is 1. The third kappa shape index (κ3) is 5.57. The van der Waals surface area contributed by atoms with E-state index >= 15 is 0 Å². The van der Waals surface area contributed by atoms with Crippen LogP contribution in [0.5, 0.6) is 0 Å². The van der Waals surface area contributed by atoms with Gasteiger partial charge in [-0.25, -0.2) is 14.6 Å². The van der Waals surface area contributed by atoms with Crippen molar-refractivity contribution >= 4 is 29.6 Å². The lowest BCUT2D eigenvalue weighted by molar-refractivity contribution is -0.131. The minimum Gasteiger partial charge on any atom is -0.478 e. The van der Waals surface area contributed by atoms with Gasteiger partial charge in [0.05, 0.1) is 0 Å². The van der Waals surface area contributed by atoms with Gasteiger partial charge in [0.15, 0.2) is 0 Å². The van der Waals surface area contributed by atoms with E-state index in [0.717, 1.165) is 36.0 Å². The maximum absolute atomic E-state index is 12.3. The summed E-state index contributed by atoms with van der Waals surface area (Å²) in [5, 5.41) is 14.9. The van der Waals surface area contributed by atoms with Gasteiger partial charge in [0.2, 0.25) is 0 Å². The second-order valence-corrected chi connectivity index (χ2v) is 6.35. The normalized spacial score (nSPS) is 14.9. The van der Waals surface area contributed by atoms with Crippen molar-refractivity contribution < 1.29 is 14.7 Å². The molecule has 7 nitrogen and oxygen atoms in total. The number of rotatable bonds is 5. The summed E-state index contributed by atoms with van der Waals surface area (Å²) in [6.45, 7) is 1.35. The standard InChI is InChI=1S/C20H22N4O3/c25-19(26)9-7-15-6-8-18(21-14-15)22-17-10-12-24(13-11-17)20(27)23-16-4-2-1-3-5-16/h1-9,14,17H,10-13H2,(H,21,22)(H,23,27)(H,25,26). The Morgan fingerprint density at radius 2 is 1.85 bits per heavy atom. The van der Waals surface area contributed by atoms with Crippen molar-refractivity contribution in [3.05, 3.63) is 60.3 Å². The van der Waals surface area contributed by atoms with Crippen molar-refractivity contribution in [1.29, 1.82) is 0 Å². The summed E-state index contributed by atoms with van der Waals surface area (Å²) in [6, 6.07) is 13.2. The predicted molar refractivity (Wildman–Crippen MR) is 105 cm³/mol. The van der Waals surface area contributed by atoms with E-state index in [4.69, 9.17) is 5.11 Å². The molecule has 1 aliphatic rings. The van der Waals surface area contributed by atoms with Crippen molar-refractivity contribution in [3.63, 3.8) is 0 Å². The van der Waals surface area contributed by atoms with Crippen molar-refractivity contribution in [3.8, 4) is 0 Å². The van der Waals surface area contributed by atoms with E-state index in [1.807, 2.05) is 47.4 Å². The fourth-order valence-corrected chi connectivity index (χ4v) is 2.92. The Balaban J connectivity index is 1.46. The lowest BCUT2D eigenvalue weighted by atomic mass is 10.1. The molecule has 1 aromatic carbocycles. The van der Waals surface area contributed by atoms with Crippen LogP contribution in [0.4, 0.5) is 16.3 Å². The molecule has 1 aliphatic heterocycles. The molecule has 140 valence electrons. The first-order valence-corrected chi connectivity index (χ1v) is 8.85. The van der Waals surface area contributed by atoms with E-state index in [2.05, 4.69) is 15.6 Å². The first-order valence-electron chi connectivity index (χ1n) is 8.85. The quantitative estimate of drug-likeness (QED) is 0.706. The molecule has 2 amide bonds. The molecule has 0 aliphatic carbocycles. The highest BCUT2D eigenvalue weighted by molar-refractivity contribution is 5.89. The van der Waals surface area contributed by atoms with Crippen LogP contribution in [0.3, 0.4) is 0 Å². The molecule has 3 N–H and O–H groups in total. The average molecular weight is 366 g/mol. The number of carbonyl (C=O) groups is 2. The first kappa shape index (κ1) is 18.4. The smallest absolute Gasteiger partial charge is 0.328 e. The number of carboxylic acid groups (broad SMARTS) is 1. The molecule has 0 spiro atoms. The zero-order valence-electron chi connectivity index (χ0n) is 14.8. The minimum absolute atomic E-state index is 0.0765. The molecule has 2 aromatic rings. The molecule has 1 fully saturated rings. The van der Waals surface area contributed by atoms with Crippen LogP contribution in [-0.2, 0) is 4.79 Å². The van der Waals surface area contributed by atoms with Gasteiger partial charge in [-0.2, -0.15) is 0 Å². The van der Waals surface area contributed by atoms with Gasteiger partial charge < -0.3 is 20.6 Å². The molecule has 0 saturated carbocycles. The lowest BCUT2D eigenvalue weighted by Crippen LogP contribution is -2.44. The summed E-state index contributed by atoms with van der Waals surface area (Å²) in [7, 11) is 0. The summed E-state index contributed by atoms with van der Waals surface area (Å²) in [6.07, 6.45) is 5.89. The number of hydrogen-bond acceptors (Lipinski definition) is 4. The molecule has 3 rings (SSSR count). The van der Waals surface area contributed by atoms with Gasteiger partial charge in [0.1, 0.15) is 5.82 Å². The van der Waals surface area contributed by atoms with Gasteiger partial charge in [-0.1, -0.05) is 18.2 Å². The van der Waals surface area contributed by atoms with Crippen LogP contribution in [0.1, 0.15) is 18.4 Å². The highest BCUT2D eigenvalue weighted by atomic mass is 16.4. The Hall–Kier alpha value is -3.35. The van der Waals surface area contributed by atoms with Crippen molar-refractivity contribution in [1.82, 2.24) is 9.88 Å². The van der Waals surface area contributed by atoms with Gasteiger partial charge in [0.25, 0.3) is 0 Å². The molecular weight excluding hydrogens is 344 g/mol. The Morgan fingerprint density at radius 1 is 1.11 bits per heavy atom. The van der Waals surface area contributed by atoms with Gasteiger partial charge in [-0.15, -0.1) is 0 Å². The fourth-order valence-electron chi connectivity index (χ4n) is 2.92. The summed E-state index contributed by atoms with van der Waals surface area (Å²) in [5.74, 6) is -0.241. The number of piperidine rings is 1. The van der Waals surface area contributed by atoms with Crippen LogP contribution in [0.15, 0.2) is 54.7 Å². The third-order valence-corrected chi connectivity index (χ3v) is 4.36. The maximum Gasteiger partial charge on any atom is 0.328 e. The molecule has 1 aromatic heterocycles. The number of aromatic nitrogens is 1. The average Bonchev–Trinajstić information content (AvgIpc) is 2.69. The number of nitrogens with one attached hydrogen (secondary N) is 2. The Labute approximate surface area is 157 Å². The third-order valence-electron chi connectivity index (χ3n) is 4.36. The molecule has 1 saturated heterocycles. The van der Waals surface area contributed by atoms with E-state index in [1.54, 1.807) is 6.20 Å². The monoisotopic (exact) mass is 366 g/mol. The molecule has 0 atom stereocenters. The van der Waals surface area contributed by atoms with Crippen molar-refractivity contribution in [2.45, 2.75) is 18.9 Å². The van der Waals surface area contributed by atoms with E-state index in [1.165, 1.54) is 6.08 Å². The number of hydrogen-bond donors (Lipinski definition) is 3. The second-order valence-electron chi connectivity index (χ2n) is 6.35. The largest absolute Gasteiger partial charge is 0.478 e. The van der Waals surface area contributed by atoms with Crippen LogP contribution >= 0.6 is 0 Å². The highest BCUT2D eigenvalue weighted by Crippen LogP contribution is 2.17. The number of anilines is 2. The molecule has 0 radical (unpaired) electrons. The minimum atomic E-state index is -0.986. The summed E-state index contributed by atoms with van der Waals surface area (Å²) < 4.78 is 0. The Bertz CT molecular complexity index is 798. The van der Waals surface area contributed by atoms with Crippen molar-refractivity contribution in [2.24, 2.45) is 0 Å². The summed E-state index contributed by atoms with van der Waals surface area (Å²) in [5.41, 5.74) is 1.53. The summed E-state index contributed by atoms with van der Waals surface area (Å²) >= 11 is 0. The molecule has 7 heteroatoms. The highest BCUT2D eigenvalue weighted by Gasteiger charge is 2.22. The van der Waals surface area contributed by atoms with Crippen LogP contribution in [-0.4, -0.2) is 46.1 Å². The van der Waals surface area contributed by atoms with Gasteiger partial charge in [0, 0.05) is 37.1 Å². The van der Waals surface area contributed by atoms with Gasteiger partial charge in [-0.05, 0) is 48.7 Å².